The second kappa shape index (κ2) is 8.58. The van der Waals surface area contributed by atoms with E-state index in [9.17, 15) is 23.5 Å². The molecule has 3 aromatic carbocycles. The first-order chi connectivity index (χ1) is 15.3. The molecule has 0 saturated heterocycles. The molecule has 162 valence electrons. The van der Waals surface area contributed by atoms with E-state index in [-0.39, 0.29) is 17.9 Å². The third-order valence-electron chi connectivity index (χ3n) is 5.26. The molecule has 0 aliphatic rings. The number of fused-ring (bicyclic) bond motifs is 1. The van der Waals surface area contributed by atoms with Gasteiger partial charge in [0, 0.05) is 12.6 Å². The van der Waals surface area contributed by atoms with Gasteiger partial charge in [-0.05, 0) is 54.4 Å². The summed E-state index contributed by atoms with van der Waals surface area (Å²) in [7, 11) is 0. The Bertz CT molecular complexity index is 1300. The number of nitrogens with one attached hydrogen (secondary N) is 1. The minimum Gasteiger partial charge on any atom is -0.478 e. The number of carbonyl (C=O) groups excluding carboxylic acids is 1. The molecule has 0 bridgehead atoms. The Morgan fingerprint density at radius 3 is 2.47 bits per heavy atom. The van der Waals surface area contributed by atoms with Crippen molar-refractivity contribution in [1.29, 1.82) is 0 Å². The van der Waals surface area contributed by atoms with E-state index in [2.05, 4.69) is 9.97 Å². The standard InChI is InChI=1S/C24H19F2N3O3/c1-14(16-5-7-18(25)8-6-16)29(13-15-3-2-4-17(11-15)24(31)32)23(30)22-27-20-10-9-19(26)12-21(20)28-22/h2-12,14H,13H2,1H3,(H,27,28)(H,31,32)/t14-/m1/s1. The molecule has 4 aromatic rings. The topological polar surface area (TPSA) is 86.3 Å². The highest BCUT2D eigenvalue weighted by Gasteiger charge is 2.26. The zero-order chi connectivity index (χ0) is 22.8. The van der Waals surface area contributed by atoms with Crippen molar-refractivity contribution in [3.8, 4) is 0 Å². The highest BCUT2D eigenvalue weighted by Crippen LogP contribution is 2.26. The van der Waals surface area contributed by atoms with E-state index in [0.717, 1.165) is 0 Å². The van der Waals surface area contributed by atoms with Crippen molar-refractivity contribution in [2.24, 2.45) is 0 Å². The highest BCUT2D eigenvalue weighted by molar-refractivity contribution is 5.94. The molecular formula is C24H19F2N3O3. The lowest BCUT2D eigenvalue weighted by Crippen LogP contribution is -2.34. The van der Waals surface area contributed by atoms with Crippen LogP contribution in [0.15, 0.2) is 66.7 Å². The van der Waals surface area contributed by atoms with Crippen LogP contribution < -0.4 is 0 Å². The fourth-order valence-electron chi connectivity index (χ4n) is 3.52. The molecule has 0 aliphatic carbocycles. The molecule has 0 saturated carbocycles. The number of amides is 1. The van der Waals surface area contributed by atoms with Gasteiger partial charge in [0.05, 0.1) is 22.6 Å². The Balaban J connectivity index is 1.73. The SMILES string of the molecule is C[C@H](c1ccc(F)cc1)N(Cc1cccc(C(=O)O)c1)C(=O)c1nc2cc(F)ccc2[nH]1. The number of aromatic amines is 1. The number of rotatable bonds is 6. The molecule has 0 radical (unpaired) electrons. The van der Waals surface area contributed by atoms with Gasteiger partial charge in [-0.2, -0.15) is 0 Å². The van der Waals surface area contributed by atoms with Gasteiger partial charge in [0.25, 0.3) is 5.91 Å². The summed E-state index contributed by atoms with van der Waals surface area (Å²) < 4.78 is 27.0. The summed E-state index contributed by atoms with van der Waals surface area (Å²) in [5, 5.41) is 9.29. The fourth-order valence-corrected chi connectivity index (χ4v) is 3.52. The zero-order valence-corrected chi connectivity index (χ0v) is 17.0. The maximum absolute atomic E-state index is 13.6. The predicted molar refractivity (Wildman–Crippen MR) is 114 cm³/mol. The number of hydrogen-bond donors (Lipinski definition) is 2. The van der Waals surface area contributed by atoms with Crippen LogP contribution >= 0.6 is 0 Å². The Morgan fingerprint density at radius 2 is 1.75 bits per heavy atom. The first-order valence-electron chi connectivity index (χ1n) is 9.86. The van der Waals surface area contributed by atoms with Crippen LogP contribution in [0.25, 0.3) is 11.0 Å². The lowest BCUT2D eigenvalue weighted by atomic mass is 10.0. The van der Waals surface area contributed by atoms with E-state index >= 15 is 0 Å². The Labute approximate surface area is 182 Å². The number of imidazole rings is 1. The van der Waals surface area contributed by atoms with Crippen molar-refractivity contribution in [2.75, 3.05) is 0 Å². The minimum atomic E-state index is -1.07. The number of H-pyrrole nitrogens is 1. The van der Waals surface area contributed by atoms with E-state index in [1.54, 1.807) is 31.2 Å². The maximum atomic E-state index is 13.6. The smallest absolute Gasteiger partial charge is 0.335 e. The van der Waals surface area contributed by atoms with Crippen molar-refractivity contribution in [1.82, 2.24) is 14.9 Å². The number of aromatic nitrogens is 2. The highest BCUT2D eigenvalue weighted by atomic mass is 19.1. The second-order valence-corrected chi connectivity index (χ2v) is 7.41. The van der Waals surface area contributed by atoms with Gasteiger partial charge in [0.2, 0.25) is 0 Å². The summed E-state index contributed by atoms with van der Waals surface area (Å²) in [5.74, 6) is -2.37. The van der Waals surface area contributed by atoms with Gasteiger partial charge in [0.1, 0.15) is 11.6 Å². The number of halogens is 2. The number of hydrogen-bond acceptors (Lipinski definition) is 3. The van der Waals surface area contributed by atoms with Crippen LogP contribution in [-0.2, 0) is 6.54 Å². The molecule has 0 unspecified atom stereocenters. The van der Waals surface area contributed by atoms with Crippen LogP contribution in [0.1, 0.15) is 45.1 Å². The molecule has 1 aromatic heterocycles. The molecule has 1 heterocycles. The van der Waals surface area contributed by atoms with Crippen LogP contribution in [0.4, 0.5) is 8.78 Å². The Hall–Kier alpha value is -4.07. The molecule has 1 amide bonds. The number of benzene rings is 3. The van der Waals surface area contributed by atoms with Gasteiger partial charge < -0.3 is 15.0 Å². The van der Waals surface area contributed by atoms with Crippen molar-refractivity contribution >= 4 is 22.9 Å². The Morgan fingerprint density at radius 1 is 1.03 bits per heavy atom. The number of nitrogens with zero attached hydrogens (tertiary/aromatic N) is 2. The molecule has 2 N–H and O–H groups in total. The van der Waals surface area contributed by atoms with Gasteiger partial charge in [-0.25, -0.2) is 18.6 Å². The summed E-state index contributed by atoms with van der Waals surface area (Å²) >= 11 is 0. The summed E-state index contributed by atoms with van der Waals surface area (Å²) in [4.78, 5) is 33.4. The molecule has 0 fully saturated rings. The number of carboxylic acids is 1. The molecule has 32 heavy (non-hydrogen) atoms. The zero-order valence-electron chi connectivity index (χ0n) is 17.0. The summed E-state index contributed by atoms with van der Waals surface area (Å²) in [6.07, 6.45) is 0. The van der Waals surface area contributed by atoms with E-state index in [1.807, 2.05) is 0 Å². The monoisotopic (exact) mass is 435 g/mol. The second-order valence-electron chi connectivity index (χ2n) is 7.41. The summed E-state index contributed by atoms with van der Waals surface area (Å²) in [6.45, 7) is 1.87. The number of aromatic carboxylic acids is 1. The molecular weight excluding hydrogens is 416 g/mol. The van der Waals surface area contributed by atoms with Crippen molar-refractivity contribution < 1.29 is 23.5 Å². The molecule has 8 heteroatoms. The van der Waals surface area contributed by atoms with Crippen LogP contribution in [0.2, 0.25) is 0 Å². The molecule has 0 aliphatic heterocycles. The largest absolute Gasteiger partial charge is 0.478 e. The minimum absolute atomic E-state index is 0.0222. The van der Waals surface area contributed by atoms with Crippen LogP contribution in [0.3, 0.4) is 0 Å². The van der Waals surface area contributed by atoms with Crippen LogP contribution in [0, 0.1) is 11.6 Å². The molecule has 0 spiro atoms. The number of carboxylic acid groups (broad SMARTS) is 1. The normalized spacial score (nSPS) is 12.0. The lowest BCUT2D eigenvalue weighted by Gasteiger charge is -2.29. The van der Waals surface area contributed by atoms with Crippen LogP contribution in [0.5, 0.6) is 0 Å². The first-order valence-corrected chi connectivity index (χ1v) is 9.86. The van der Waals surface area contributed by atoms with E-state index < -0.39 is 29.6 Å². The predicted octanol–water partition coefficient (Wildman–Crippen LogP) is 4.94. The van der Waals surface area contributed by atoms with Crippen molar-refractivity contribution in [3.05, 3.63) is 101 Å². The third kappa shape index (κ3) is 4.34. The van der Waals surface area contributed by atoms with E-state index in [0.29, 0.717) is 22.2 Å². The van der Waals surface area contributed by atoms with Gasteiger partial charge in [-0.1, -0.05) is 24.3 Å². The van der Waals surface area contributed by atoms with Gasteiger partial charge in [-0.3, -0.25) is 4.79 Å². The van der Waals surface area contributed by atoms with Crippen LogP contribution in [-0.4, -0.2) is 31.9 Å². The molecule has 6 nitrogen and oxygen atoms in total. The van der Waals surface area contributed by atoms with Crippen molar-refractivity contribution in [2.45, 2.75) is 19.5 Å². The van der Waals surface area contributed by atoms with Gasteiger partial charge in [-0.15, -0.1) is 0 Å². The van der Waals surface area contributed by atoms with Gasteiger partial charge >= 0.3 is 5.97 Å². The average molecular weight is 435 g/mol. The number of carbonyl (C=O) groups is 2. The molecule has 4 rings (SSSR count). The molecule has 1 atom stereocenters. The van der Waals surface area contributed by atoms with E-state index in [4.69, 9.17) is 0 Å². The quantitative estimate of drug-likeness (QED) is 0.449. The third-order valence-corrected chi connectivity index (χ3v) is 5.26. The van der Waals surface area contributed by atoms with Gasteiger partial charge in [0.15, 0.2) is 5.82 Å². The summed E-state index contributed by atoms with van der Waals surface area (Å²) in [6, 6.07) is 15.6. The first kappa shape index (κ1) is 21.2. The van der Waals surface area contributed by atoms with E-state index in [1.165, 1.54) is 47.4 Å². The fraction of sp³-hybridized carbons (Fsp3) is 0.125. The average Bonchev–Trinajstić information content (AvgIpc) is 3.20. The van der Waals surface area contributed by atoms with Crippen molar-refractivity contribution in [3.63, 3.8) is 0 Å². The maximum Gasteiger partial charge on any atom is 0.335 e. The summed E-state index contributed by atoms with van der Waals surface area (Å²) in [5.41, 5.74) is 2.22. The lowest BCUT2D eigenvalue weighted by molar-refractivity contribution is 0.0662. The Kier molecular flexibility index (Phi) is 5.68.